The Bertz CT molecular complexity index is 436. The first-order valence-corrected chi connectivity index (χ1v) is 13.7. The number of fused-ring (bicyclic) bond motifs is 1. The van der Waals surface area contributed by atoms with Gasteiger partial charge in [0, 0.05) is 20.1 Å². The fourth-order valence-corrected chi connectivity index (χ4v) is 7.46. The highest BCUT2D eigenvalue weighted by Gasteiger charge is 2.35. The van der Waals surface area contributed by atoms with E-state index in [1.165, 1.54) is 64.2 Å². The maximum Gasteiger partial charge on any atom is 0.0515 e. The molecule has 2 nitrogen and oxygen atoms in total. The van der Waals surface area contributed by atoms with Crippen LogP contribution in [0.3, 0.4) is 0 Å². The van der Waals surface area contributed by atoms with Crippen LogP contribution in [0.2, 0.25) is 0 Å². The maximum absolute atomic E-state index is 5.46. The number of rotatable bonds is 12. The lowest BCUT2D eigenvalue weighted by molar-refractivity contribution is 0.0360. The van der Waals surface area contributed by atoms with Gasteiger partial charge in [-0.2, -0.15) is 0 Å². The second-order valence-corrected chi connectivity index (χ2v) is 11.4. The second-order valence-electron chi connectivity index (χ2n) is 11.4. The lowest BCUT2D eigenvalue weighted by Gasteiger charge is -2.43. The van der Waals surface area contributed by atoms with Crippen LogP contribution in [0.1, 0.15) is 110 Å². The van der Waals surface area contributed by atoms with E-state index < -0.39 is 0 Å². The molecule has 3 rings (SSSR count). The number of unbranched alkanes of at least 4 members (excludes halogenated alkanes) is 2. The van der Waals surface area contributed by atoms with Gasteiger partial charge in [0.2, 0.25) is 0 Å². The highest BCUT2D eigenvalue weighted by atomic mass is 16.5. The van der Waals surface area contributed by atoms with Gasteiger partial charge in [-0.1, -0.05) is 71.1 Å². The van der Waals surface area contributed by atoms with Crippen molar-refractivity contribution < 1.29 is 9.47 Å². The molecule has 176 valence electrons. The Balaban J connectivity index is 1.32. The normalized spacial score (nSPS) is 34.8. The van der Waals surface area contributed by atoms with Crippen LogP contribution in [-0.4, -0.2) is 27.4 Å². The van der Waals surface area contributed by atoms with E-state index in [2.05, 4.69) is 6.92 Å². The third-order valence-electron chi connectivity index (χ3n) is 9.35. The molecule has 0 bridgehead atoms. The largest absolute Gasteiger partial charge is 0.384 e. The number of hydrogen-bond donors (Lipinski definition) is 0. The Morgan fingerprint density at radius 3 is 1.73 bits per heavy atom. The average Bonchev–Trinajstić information content (AvgIpc) is 2.78. The van der Waals surface area contributed by atoms with Crippen molar-refractivity contribution in [3.8, 4) is 0 Å². The van der Waals surface area contributed by atoms with Gasteiger partial charge in [-0.25, -0.2) is 0 Å². The zero-order chi connectivity index (χ0) is 21.2. The van der Waals surface area contributed by atoms with Crippen molar-refractivity contribution in [2.75, 3.05) is 27.4 Å². The van der Waals surface area contributed by atoms with Gasteiger partial charge in [-0.15, -0.1) is 0 Å². The molecule has 3 saturated carbocycles. The van der Waals surface area contributed by atoms with Crippen molar-refractivity contribution in [2.24, 2.45) is 41.4 Å². The van der Waals surface area contributed by atoms with Crippen molar-refractivity contribution >= 4 is 0 Å². The van der Waals surface area contributed by atoms with Crippen molar-refractivity contribution in [2.45, 2.75) is 110 Å². The Labute approximate surface area is 188 Å². The fourth-order valence-electron chi connectivity index (χ4n) is 7.46. The third-order valence-corrected chi connectivity index (χ3v) is 9.35. The molecule has 0 aromatic rings. The van der Waals surface area contributed by atoms with E-state index in [1.807, 2.05) is 14.2 Å². The molecule has 2 heteroatoms. The SMILES string of the molecule is CCCCCC1CCC2CC(CCC3CCC(C(COC)COC)CC3)CCC2C1. The molecule has 0 spiro atoms. The Morgan fingerprint density at radius 2 is 1.17 bits per heavy atom. The van der Waals surface area contributed by atoms with Crippen LogP contribution in [0.5, 0.6) is 0 Å². The van der Waals surface area contributed by atoms with Crippen LogP contribution in [-0.2, 0) is 9.47 Å². The molecule has 0 aromatic carbocycles. The van der Waals surface area contributed by atoms with Gasteiger partial charge >= 0.3 is 0 Å². The third kappa shape index (κ3) is 7.51. The summed E-state index contributed by atoms with van der Waals surface area (Å²) in [6, 6.07) is 0. The molecule has 3 aliphatic carbocycles. The molecule has 0 heterocycles. The highest BCUT2D eigenvalue weighted by Crippen LogP contribution is 2.47. The standard InChI is InChI=1S/C28H52O2/c1-4-5-6-7-23-12-16-27-19-24(13-17-26(27)18-23)9-8-22-10-14-25(15-11-22)28(20-29-2)21-30-3/h22-28H,4-21H2,1-3H3. The van der Waals surface area contributed by atoms with Crippen molar-refractivity contribution in [1.82, 2.24) is 0 Å². The van der Waals surface area contributed by atoms with Crippen LogP contribution >= 0.6 is 0 Å². The smallest absolute Gasteiger partial charge is 0.0515 e. The molecule has 0 radical (unpaired) electrons. The van der Waals surface area contributed by atoms with E-state index in [0.29, 0.717) is 5.92 Å². The molecule has 4 atom stereocenters. The van der Waals surface area contributed by atoms with E-state index in [4.69, 9.17) is 9.47 Å². The molecular formula is C28H52O2. The van der Waals surface area contributed by atoms with Crippen LogP contribution in [0, 0.1) is 41.4 Å². The Hall–Kier alpha value is -0.0800. The summed E-state index contributed by atoms with van der Waals surface area (Å²) in [7, 11) is 3.67. The summed E-state index contributed by atoms with van der Waals surface area (Å²) in [5.41, 5.74) is 0. The molecule has 4 unspecified atom stereocenters. The van der Waals surface area contributed by atoms with Gasteiger partial charge in [0.25, 0.3) is 0 Å². The predicted octanol–water partition coefficient (Wildman–Crippen LogP) is 7.89. The highest BCUT2D eigenvalue weighted by molar-refractivity contribution is 4.87. The van der Waals surface area contributed by atoms with E-state index in [0.717, 1.165) is 48.7 Å². The molecule has 30 heavy (non-hydrogen) atoms. The van der Waals surface area contributed by atoms with Gasteiger partial charge in [0.1, 0.15) is 0 Å². The van der Waals surface area contributed by atoms with Gasteiger partial charge in [0.05, 0.1) is 13.2 Å². The van der Waals surface area contributed by atoms with E-state index >= 15 is 0 Å². The molecule has 3 fully saturated rings. The van der Waals surface area contributed by atoms with Crippen LogP contribution in [0.25, 0.3) is 0 Å². The fraction of sp³-hybridized carbons (Fsp3) is 1.00. The molecule has 3 aliphatic rings. The number of methoxy groups -OCH3 is 2. The molecule has 0 aromatic heterocycles. The maximum atomic E-state index is 5.46. The minimum atomic E-state index is 0.605. The summed E-state index contributed by atoms with van der Waals surface area (Å²) in [5.74, 6) is 6.73. The lowest BCUT2D eigenvalue weighted by Crippen LogP contribution is -2.31. The van der Waals surface area contributed by atoms with E-state index in [-0.39, 0.29) is 0 Å². The van der Waals surface area contributed by atoms with Crippen LogP contribution in [0.4, 0.5) is 0 Å². The minimum absolute atomic E-state index is 0.605. The van der Waals surface area contributed by atoms with E-state index in [9.17, 15) is 0 Å². The van der Waals surface area contributed by atoms with Crippen molar-refractivity contribution in [3.05, 3.63) is 0 Å². The Kier molecular flexibility index (Phi) is 11.0. The summed E-state index contributed by atoms with van der Waals surface area (Å²) in [6.45, 7) is 4.07. The first kappa shape index (κ1) is 24.6. The van der Waals surface area contributed by atoms with Crippen LogP contribution < -0.4 is 0 Å². The monoisotopic (exact) mass is 420 g/mol. The first-order valence-electron chi connectivity index (χ1n) is 13.7. The van der Waals surface area contributed by atoms with Gasteiger partial charge in [0.15, 0.2) is 0 Å². The summed E-state index contributed by atoms with van der Waals surface area (Å²) in [6.07, 6.45) is 23.9. The zero-order valence-electron chi connectivity index (χ0n) is 20.6. The summed E-state index contributed by atoms with van der Waals surface area (Å²) in [5, 5.41) is 0. The number of hydrogen-bond acceptors (Lipinski definition) is 2. The number of ether oxygens (including phenoxy) is 2. The topological polar surface area (TPSA) is 18.5 Å². The average molecular weight is 421 g/mol. The molecule has 0 aliphatic heterocycles. The zero-order valence-corrected chi connectivity index (χ0v) is 20.6. The lowest BCUT2D eigenvalue weighted by atomic mass is 9.63. The molecule has 0 saturated heterocycles. The first-order chi connectivity index (χ1) is 14.7. The predicted molar refractivity (Wildman–Crippen MR) is 128 cm³/mol. The molecular weight excluding hydrogens is 368 g/mol. The van der Waals surface area contributed by atoms with Gasteiger partial charge < -0.3 is 9.47 Å². The second kappa shape index (κ2) is 13.5. The quantitative estimate of drug-likeness (QED) is 0.299. The molecule has 0 N–H and O–H groups in total. The van der Waals surface area contributed by atoms with Crippen LogP contribution in [0.15, 0.2) is 0 Å². The van der Waals surface area contributed by atoms with Gasteiger partial charge in [-0.05, 0) is 74.0 Å². The van der Waals surface area contributed by atoms with Crippen molar-refractivity contribution in [3.63, 3.8) is 0 Å². The summed E-state index contributed by atoms with van der Waals surface area (Å²) < 4.78 is 10.9. The summed E-state index contributed by atoms with van der Waals surface area (Å²) in [4.78, 5) is 0. The minimum Gasteiger partial charge on any atom is -0.384 e. The van der Waals surface area contributed by atoms with E-state index in [1.54, 1.807) is 38.5 Å². The Morgan fingerprint density at radius 1 is 0.633 bits per heavy atom. The summed E-state index contributed by atoms with van der Waals surface area (Å²) >= 11 is 0. The van der Waals surface area contributed by atoms with Gasteiger partial charge in [-0.3, -0.25) is 0 Å². The van der Waals surface area contributed by atoms with Crippen molar-refractivity contribution in [1.29, 1.82) is 0 Å². The molecule has 0 amide bonds.